The van der Waals surface area contributed by atoms with E-state index in [1.165, 1.54) is 4.90 Å². The number of imide groups is 1. The molecule has 1 atom stereocenters. The number of anilines is 1. The fourth-order valence-corrected chi connectivity index (χ4v) is 3.36. The van der Waals surface area contributed by atoms with E-state index in [9.17, 15) is 19.2 Å². The number of benzene rings is 1. The lowest BCUT2D eigenvalue weighted by molar-refractivity contribution is -0.123. The second kappa shape index (κ2) is 8.17. The minimum Gasteiger partial charge on any atom is -0.369 e. The molecule has 0 bridgehead atoms. The third-order valence-corrected chi connectivity index (χ3v) is 4.86. The molecule has 1 aromatic rings. The normalized spacial score (nSPS) is 20.4. The van der Waals surface area contributed by atoms with Gasteiger partial charge >= 0.3 is 6.03 Å². The van der Waals surface area contributed by atoms with Crippen LogP contribution in [0.4, 0.5) is 10.5 Å². The van der Waals surface area contributed by atoms with Gasteiger partial charge in [-0.1, -0.05) is 0 Å². The van der Waals surface area contributed by atoms with Crippen LogP contribution in [0.1, 0.15) is 23.2 Å². The molecule has 27 heavy (non-hydrogen) atoms. The Hall–Kier alpha value is -2.94. The van der Waals surface area contributed by atoms with E-state index in [1.54, 1.807) is 24.3 Å². The smallest absolute Gasteiger partial charge is 0.329 e. The first kappa shape index (κ1) is 18.8. The number of carbonyl (C=O) groups excluding carboxylic acids is 4. The van der Waals surface area contributed by atoms with E-state index in [0.717, 1.165) is 19.4 Å². The zero-order valence-corrected chi connectivity index (χ0v) is 14.9. The maximum atomic E-state index is 12.3. The molecule has 144 valence electrons. The van der Waals surface area contributed by atoms with Crippen molar-refractivity contribution in [2.75, 3.05) is 37.6 Å². The summed E-state index contributed by atoms with van der Waals surface area (Å²) in [6.07, 6.45) is 1.75. The van der Waals surface area contributed by atoms with Crippen LogP contribution in [-0.4, -0.2) is 61.4 Å². The largest absolute Gasteiger partial charge is 0.369 e. The van der Waals surface area contributed by atoms with Gasteiger partial charge in [0.15, 0.2) is 0 Å². The van der Waals surface area contributed by atoms with E-state index in [4.69, 9.17) is 5.73 Å². The third kappa shape index (κ3) is 4.62. The fraction of sp³-hybridized carbons (Fsp3) is 0.444. The van der Waals surface area contributed by atoms with Crippen LogP contribution >= 0.6 is 0 Å². The molecule has 0 spiro atoms. The highest BCUT2D eigenvalue weighted by molar-refractivity contribution is 6.12. The van der Waals surface area contributed by atoms with E-state index in [2.05, 4.69) is 15.5 Å². The number of amides is 5. The average molecular weight is 373 g/mol. The summed E-state index contributed by atoms with van der Waals surface area (Å²) in [5.41, 5.74) is 6.40. The number of hydrogen-bond donors (Lipinski definition) is 3. The summed E-state index contributed by atoms with van der Waals surface area (Å²) in [6.45, 7) is 2.63. The highest BCUT2D eigenvalue weighted by Gasteiger charge is 2.28. The van der Waals surface area contributed by atoms with E-state index in [-0.39, 0.29) is 30.2 Å². The maximum Gasteiger partial charge on any atom is 0.329 e. The van der Waals surface area contributed by atoms with Gasteiger partial charge in [-0.15, -0.1) is 0 Å². The number of likely N-dealkylation sites (tertiary alicyclic amines) is 1. The van der Waals surface area contributed by atoms with Crippen molar-refractivity contribution < 1.29 is 19.2 Å². The Kier molecular flexibility index (Phi) is 5.70. The van der Waals surface area contributed by atoms with Gasteiger partial charge < -0.3 is 16.0 Å². The quantitative estimate of drug-likeness (QED) is 0.589. The van der Waals surface area contributed by atoms with Gasteiger partial charge in [-0.3, -0.25) is 24.6 Å². The molecule has 2 heterocycles. The number of carbonyl (C=O) groups is 4. The van der Waals surface area contributed by atoms with Gasteiger partial charge in [0.1, 0.15) is 6.54 Å². The Bertz CT molecular complexity index is 749. The molecule has 0 saturated carbocycles. The number of rotatable bonds is 6. The van der Waals surface area contributed by atoms with E-state index in [0.29, 0.717) is 30.9 Å². The predicted molar refractivity (Wildman–Crippen MR) is 98.0 cm³/mol. The number of urea groups is 1. The first-order valence-electron chi connectivity index (χ1n) is 8.95. The lowest BCUT2D eigenvalue weighted by Crippen LogP contribution is -2.44. The van der Waals surface area contributed by atoms with Crippen LogP contribution in [0.3, 0.4) is 0 Å². The minimum absolute atomic E-state index is 0.0213. The van der Waals surface area contributed by atoms with Gasteiger partial charge in [-0.2, -0.15) is 0 Å². The lowest BCUT2D eigenvalue weighted by atomic mass is 9.97. The van der Waals surface area contributed by atoms with E-state index in [1.807, 2.05) is 0 Å². The van der Waals surface area contributed by atoms with Gasteiger partial charge in [0.25, 0.3) is 5.91 Å². The van der Waals surface area contributed by atoms with Crippen molar-refractivity contribution in [1.29, 1.82) is 0 Å². The molecule has 3 rings (SSSR count). The lowest BCUT2D eigenvalue weighted by Gasteiger charge is -2.31. The van der Waals surface area contributed by atoms with E-state index < -0.39 is 6.03 Å². The summed E-state index contributed by atoms with van der Waals surface area (Å²) in [6, 6.07) is 6.04. The molecular formula is C18H23N5O4. The fourth-order valence-electron chi connectivity index (χ4n) is 3.36. The SMILES string of the molecule is NC(=O)[C@H]1CCCN(CCNC(=O)c2ccc(N3CC(=O)NC3=O)cc2)C1. The van der Waals surface area contributed by atoms with Gasteiger partial charge in [-0.25, -0.2) is 4.79 Å². The topological polar surface area (TPSA) is 125 Å². The van der Waals surface area contributed by atoms with Crippen molar-refractivity contribution >= 4 is 29.4 Å². The highest BCUT2D eigenvalue weighted by atomic mass is 16.2. The van der Waals surface area contributed by atoms with Crippen molar-refractivity contribution in [2.45, 2.75) is 12.8 Å². The van der Waals surface area contributed by atoms with Crippen molar-refractivity contribution in [3.63, 3.8) is 0 Å². The monoisotopic (exact) mass is 373 g/mol. The first-order valence-corrected chi connectivity index (χ1v) is 8.95. The van der Waals surface area contributed by atoms with Crippen LogP contribution in [0.15, 0.2) is 24.3 Å². The Labute approximate surface area is 156 Å². The van der Waals surface area contributed by atoms with Gasteiger partial charge in [-0.05, 0) is 43.7 Å². The number of nitrogens with one attached hydrogen (secondary N) is 2. The molecular weight excluding hydrogens is 350 g/mol. The summed E-state index contributed by atoms with van der Waals surface area (Å²) < 4.78 is 0. The zero-order valence-electron chi connectivity index (χ0n) is 14.9. The third-order valence-electron chi connectivity index (χ3n) is 4.86. The van der Waals surface area contributed by atoms with Crippen LogP contribution in [0.2, 0.25) is 0 Å². The minimum atomic E-state index is -0.465. The molecule has 0 aromatic heterocycles. The zero-order chi connectivity index (χ0) is 19.4. The Morgan fingerprint density at radius 1 is 1.22 bits per heavy atom. The summed E-state index contributed by atoms with van der Waals surface area (Å²) in [5.74, 6) is -0.945. The highest BCUT2D eigenvalue weighted by Crippen LogP contribution is 2.18. The molecule has 9 nitrogen and oxygen atoms in total. The maximum absolute atomic E-state index is 12.3. The first-order chi connectivity index (χ1) is 12.9. The molecule has 9 heteroatoms. The molecule has 2 aliphatic heterocycles. The van der Waals surface area contributed by atoms with E-state index >= 15 is 0 Å². The van der Waals surface area contributed by atoms with Crippen molar-refractivity contribution in [3.8, 4) is 0 Å². The summed E-state index contributed by atoms with van der Waals surface area (Å²) in [4.78, 5) is 49.9. The average Bonchev–Trinajstić information content (AvgIpc) is 3.00. The number of piperidine rings is 1. The van der Waals surface area contributed by atoms with Crippen LogP contribution in [-0.2, 0) is 9.59 Å². The standard InChI is InChI=1S/C18H23N5O4/c19-16(25)13-2-1-8-22(10-13)9-7-20-17(26)12-3-5-14(6-4-12)23-11-15(24)21-18(23)27/h3-6,13H,1-2,7-11H2,(H2,19,25)(H,20,26)(H,21,24,27)/t13-/m0/s1. The predicted octanol–water partition coefficient (Wildman–Crippen LogP) is -0.330. The summed E-state index contributed by atoms with van der Waals surface area (Å²) >= 11 is 0. The molecule has 0 unspecified atom stereocenters. The molecule has 2 aliphatic rings. The summed E-state index contributed by atoms with van der Waals surface area (Å²) in [7, 11) is 0. The van der Waals surface area contributed by atoms with Crippen LogP contribution in [0, 0.1) is 5.92 Å². The number of hydrogen-bond acceptors (Lipinski definition) is 5. The van der Waals surface area contributed by atoms with Crippen LogP contribution in [0.5, 0.6) is 0 Å². The van der Waals surface area contributed by atoms with Crippen LogP contribution in [0.25, 0.3) is 0 Å². The number of primary amides is 1. The molecule has 5 amide bonds. The Morgan fingerprint density at radius 2 is 1.96 bits per heavy atom. The molecule has 0 radical (unpaired) electrons. The second-order valence-corrected chi connectivity index (χ2v) is 6.78. The van der Waals surface area contributed by atoms with Crippen molar-refractivity contribution in [3.05, 3.63) is 29.8 Å². The van der Waals surface area contributed by atoms with Gasteiger partial charge in [0, 0.05) is 30.9 Å². The Balaban J connectivity index is 1.48. The number of nitrogens with two attached hydrogens (primary N) is 1. The number of nitrogens with zero attached hydrogens (tertiary/aromatic N) is 2. The molecule has 2 saturated heterocycles. The summed E-state index contributed by atoms with van der Waals surface area (Å²) in [5, 5.41) is 5.06. The Morgan fingerprint density at radius 3 is 2.59 bits per heavy atom. The molecule has 4 N–H and O–H groups in total. The molecule has 1 aromatic carbocycles. The molecule has 2 fully saturated rings. The second-order valence-electron chi connectivity index (χ2n) is 6.78. The van der Waals surface area contributed by atoms with Crippen LogP contribution < -0.4 is 21.3 Å². The van der Waals surface area contributed by atoms with Gasteiger partial charge in [0.05, 0.1) is 5.92 Å². The van der Waals surface area contributed by atoms with Gasteiger partial charge in [0.2, 0.25) is 11.8 Å². The van der Waals surface area contributed by atoms with Crippen molar-refractivity contribution in [2.24, 2.45) is 11.7 Å². The molecule has 0 aliphatic carbocycles. The van der Waals surface area contributed by atoms with Crippen molar-refractivity contribution in [1.82, 2.24) is 15.5 Å².